The molecule has 28 heavy (non-hydrogen) atoms. The predicted octanol–water partition coefficient (Wildman–Crippen LogP) is 4.75. The number of anilines is 1. The highest BCUT2D eigenvalue weighted by atomic mass is 35.5. The van der Waals surface area contributed by atoms with Gasteiger partial charge < -0.3 is 5.32 Å². The van der Waals surface area contributed by atoms with E-state index in [2.05, 4.69) is 15.5 Å². The lowest BCUT2D eigenvalue weighted by Gasteiger charge is -2.07. The second-order valence-electron chi connectivity index (χ2n) is 5.67. The first-order chi connectivity index (χ1) is 13.1. The maximum Gasteiger partial charge on any atom is 0.435 e. The fourth-order valence-electron chi connectivity index (χ4n) is 2.33. The van der Waals surface area contributed by atoms with Crippen LogP contribution in [0.1, 0.15) is 11.3 Å². The lowest BCUT2D eigenvalue weighted by atomic mass is 10.2. The Labute approximate surface area is 171 Å². The molecule has 3 aromatic rings. The number of carbonyl (C=O) groups is 1. The third-order valence-corrected chi connectivity index (χ3v) is 4.58. The van der Waals surface area contributed by atoms with Crippen LogP contribution in [0.2, 0.25) is 15.1 Å². The standard InChI is InChI=1S/C16H11Cl3F3N5O/c17-10-2-1-3-11(18)9(10)6-27-7-12(19)15(25-27)23-14(28)8-26-5-4-13(24-26)16(20,21)22/h1-5,7H,6,8H2,(H,23,25,28). The summed E-state index contributed by atoms with van der Waals surface area (Å²) in [5.74, 6) is -0.585. The molecule has 1 aromatic carbocycles. The van der Waals surface area contributed by atoms with Gasteiger partial charge in [0.15, 0.2) is 11.5 Å². The summed E-state index contributed by atoms with van der Waals surface area (Å²) in [6, 6.07) is 5.84. The van der Waals surface area contributed by atoms with Gasteiger partial charge in [0.1, 0.15) is 11.6 Å². The molecule has 1 N–H and O–H groups in total. The first-order valence-electron chi connectivity index (χ1n) is 7.70. The average molecular weight is 453 g/mol. The molecule has 0 bridgehead atoms. The molecule has 1 amide bonds. The van der Waals surface area contributed by atoms with Crippen LogP contribution in [-0.2, 0) is 24.1 Å². The van der Waals surface area contributed by atoms with Crippen LogP contribution >= 0.6 is 34.8 Å². The minimum absolute atomic E-state index is 0.0537. The Hall–Kier alpha value is -2.23. The molecule has 0 unspecified atom stereocenters. The van der Waals surface area contributed by atoms with E-state index >= 15 is 0 Å². The van der Waals surface area contributed by atoms with Crippen LogP contribution in [0.4, 0.5) is 19.0 Å². The van der Waals surface area contributed by atoms with Crippen LogP contribution in [0.3, 0.4) is 0 Å². The summed E-state index contributed by atoms with van der Waals surface area (Å²) in [6.07, 6.45) is -2.06. The van der Waals surface area contributed by atoms with E-state index in [4.69, 9.17) is 34.8 Å². The smallest absolute Gasteiger partial charge is 0.306 e. The van der Waals surface area contributed by atoms with Gasteiger partial charge in [-0.3, -0.25) is 14.2 Å². The summed E-state index contributed by atoms with van der Waals surface area (Å²) in [5, 5.41) is 10.9. The van der Waals surface area contributed by atoms with Gasteiger partial charge in [0, 0.05) is 28.0 Å². The first kappa shape index (κ1) is 20.5. The summed E-state index contributed by atoms with van der Waals surface area (Å²) in [5.41, 5.74) is -0.460. The number of aromatic nitrogens is 4. The third-order valence-electron chi connectivity index (χ3n) is 3.59. The van der Waals surface area contributed by atoms with E-state index in [-0.39, 0.29) is 17.4 Å². The SMILES string of the molecule is O=C(Cn1ccc(C(F)(F)F)n1)Nc1nn(Cc2c(Cl)cccc2Cl)cc1Cl. The van der Waals surface area contributed by atoms with Crippen molar-refractivity contribution in [2.24, 2.45) is 0 Å². The van der Waals surface area contributed by atoms with Gasteiger partial charge in [-0.15, -0.1) is 0 Å². The molecule has 0 aliphatic heterocycles. The maximum absolute atomic E-state index is 12.6. The molecule has 0 spiro atoms. The fraction of sp³-hybridized carbons (Fsp3) is 0.188. The Morgan fingerprint density at radius 3 is 2.32 bits per heavy atom. The number of nitrogens with zero attached hydrogens (tertiary/aromatic N) is 4. The second kappa shape index (κ2) is 8.02. The number of carbonyl (C=O) groups excluding carboxylic acids is 1. The summed E-state index contributed by atoms with van der Waals surface area (Å²) in [7, 11) is 0. The number of nitrogens with one attached hydrogen (secondary N) is 1. The van der Waals surface area contributed by atoms with Gasteiger partial charge in [-0.25, -0.2) is 0 Å². The minimum Gasteiger partial charge on any atom is -0.306 e. The van der Waals surface area contributed by atoms with Gasteiger partial charge in [-0.05, 0) is 18.2 Å². The molecule has 0 aliphatic carbocycles. The van der Waals surface area contributed by atoms with Crippen molar-refractivity contribution in [2.75, 3.05) is 5.32 Å². The average Bonchev–Trinajstić information content (AvgIpc) is 3.18. The molecular formula is C16H11Cl3F3N5O. The minimum atomic E-state index is -4.58. The number of amides is 1. The number of alkyl halides is 3. The monoisotopic (exact) mass is 451 g/mol. The second-order valence-corrected chi connectivity index (χ2v) is 6.89. The lowest BCUT2D eigenvalue weighted by Crippen LogP contribution is -2.20. The van der Waals surface area contributed by atoms with E-state index in [1.54, 1.807) is 18.2 Å². The third kappa shape index (κ3) is 4.78. The molecule has 148 valence electrons. The van der Waals surface area contributed by atoms with E-state index in [1.807, 2.05) is 0 Å². The van der Waals surface area contributed by atoms with E-state index < -0.39 is 24.3 Å². The number of halogens is 6. The van der Waals surface area contributed by atoms with E-state index in [1.165, 1.54) is 10.9 Å². The van der Waals surface area contributed by atoms with Gasteiger partial charge in [0.2, 0.25) is 5.91 Å². The van der Waals surface area contributed by atoms with Crippen LogP contribution in [0, 0.1) is 0 Å². The Morgan fingerprint density at radius 1 is 1.04 bits per heavy atom. The van der Waals surface area contributed by atoms with Crippen molar-refractivity contribution in [1.82, 2.24) is 19.6 Å². The van der Waals surface area contributed by atoms with Crippen molar-refractivity contribution in [3.8, 4) is 0 Å². The molecule has 2 aromatic heterocycles. The van der Waals surface area contributed by atoms with Gasteiger partial charge in [0.05, 0.1) is 6.54 Å². The van der Waals surface area contributed by atoms with Crippen molar-refractivity contribution in [2.45, 2.75) is 19.3 Å². The van der Waals surface area contributed by atoms with Gasteiger partial charge in [0.25, 0.3) is 0 Å². The Balaban J connectivity index is 1.68. The van der Waals surface area contributed by atoms with Gasteiger partial charge in [-0.2, -0.15) is 23.4 Å². The van der Waals surface area contributed by atoms with Crippen LogP contribution in [0.5, 0.6) is 0 Å². The van der Waals surface area contributed by atoms with Crippen LogP contribution < -0.4 is 5.32 Å². The van der Waals surface area contributed by atoms with Crippen molar-refractivity contribution in [1.29, 1.82) is 0 Å². The van der Waals surface area contributed by atoms with Crippen molar-refractivity contribution >= 4 is 46.5 Å². The topological polar surface area (TPSA) is 64.7 Å². The fourth-order valence-corrected chi connectivity index (χ4v) is 3.04. The van der Waals surface area contributed by atoms with Crippen LogP contribution in [0.25, 0.3) is 0 Å². The Kier molecular flexibility index (Phi) is 5.87. The Morgan fingerprint density at radius 2 is 1.71 bits per heavy atom. The molecule has 0 atom stereocenters. The Bertz CT molecular complexity index is 995. The van der Waals surface area contributed by atoms with Crippen LogP contribution in [0.15, 0.2) is 36.7 Å². The van der Waals surface area contributed by atoms with Crippen molar-refractivity contribution in [3.63, 3.8) is 0 Å². The molecule has 0 saturated carbocycles. The quantitative estimate of drug-likeness (QED) is 0.608. The first-order valence-corrected chi connectivity index (χ1v) is 8.83. The highest BCUT2D eigenvalue weighted by Crippen LogP contribution is 2.28. The van der Waals surface area contributed by atoms with Crippen molar-refractivity contribution in [3.05, 3.63) is 63.0 Å². The number of hydrogen-bond acceptors (Lipinski definition) is 3. The molecule has 3 rings (SSSR count). The largest absolute Gasteiger partial charge is 0.435 e. The zero-order chi connectivity index (χ0) is 20.5. The lowest BCUT2D eigenvalue weighted by molar-refractivity contribution is -0.141. The van der Waals surface area contributed by atoms with Gasteiger partial charge >= 0.3 is 6.18 Å². The molecule has 6 nitrogen and oxygen atoms in total. The number of rotatable bonds is 5. The zero-order valence-corrected chi connectivity index (χ0v) is 16.1. The van der Waals surface area contributed by atoms with E-state index in [9.17, 15) is 18.0 Å². The van der Waals surface area contributed by atoms with E-state index in [0.29, 0.717) is 15.6 Å². The highest BCUT2D eigenvalue weighted by molar-refractivity contribution is 6.36. The van der Waals surface area contributed by atoms with Crippen LogP contribution in [-0.4, -0.2) is 25.5 Å². The molecule has 0 fully saturated rings. The normalized spacial score (nSPS) is 11.6. The van der Waals surface area contributed by atoms with E-state index in [0.717, 1.165) is 16.9 Å². The molecule has 0 saturated heterocycles. The highest BCUT2D eigenvalue weighted by Gasteiger charge is 2.33. The summed E-state index contributed by atoms with van der Waals surface area (Å²) in [6.45, 7) is -0.224. The molecule has 0 aliphatic rings. The molecule has 12 heteroatoms. The number of hydrogen-bond donors (Lipinski definition) is 1. The molecule has 2 heterocycles. The summed E-state index contributed by atoms with van der Waals surface area (Å²) >= 11 is 18.3. The molecular weight excluding hydrogens is 442 g/mol. The summed E-state index contributed by atoms with van der Waals surface area (Å²) in [4.78, 5) is 12.1. The van der Waals surface area contributed by atoms with Crippen molar-refractivity contribution < 1.29 is 18.0 Å². The zero-order valence-electron chi connectivity index (χ0n) is 13.8. The predicted molar refractivity (Wildman–Crippen MR) is 98.7 cm³/mol. The maximum atomic E-state index is 12.6. The molecule has 0 radical (unpaired) electrons. The van der Waals surface area contributed by atoms with Gasteiger partial charge in [-0.1, -0.05) is 40.9 Å². The summed E-state index contributed by atoms with van der Waals surface area (Å²) < 4.78 is 40.0. The number of benzene rings is 1.